The van der Waals surface area contributed by atoms with E-state index in [1.807, 2.05) is 20.8 Å². The highest BCUT2D eigenvalue weighted by Crippen LogP contribution is 2.24. The Labute approximate surface area is 197 Å². The molecule has 2 fully saturated rings. The lowest BCUT2D eigenvalue weighted by Gasteiger charge is -2.33. The maximum Gasteiger partial charge on any atom is 0.410 e. The molecular formula is C24H37N3O5S. The summed E-state index contributed by atoms with van der Waals surface area (Å²) in [6.07, 6.45) is 3.24. The third kappa shape index (κ3) is 7.43. The van der Waals surface area contributed by atoms with E-state index in [0.29, 0.717) is 44.0 Å². The summed E-state index contributed by atoms with van der Waals surface area (Å²) >= 11 is 0. The average molecular weight is 480 g/mol. The van der Waals surface area contributed by atoms with Crippen molar-refractivity contribution in [3.8, 4) is 0 Å². The quantitative estimate of drug-likeness (QED) is 0.676. The molecule has 2 heterocycles. The molecule has 2 saturated heterocycles. The monoisotopic (exact) mass is 479 g/mol. The number of amides is 2. The number of piperidine rings is 2. The van der Waals surface area contributed by atoms with Crippen LogP contribution in [0, 0.1) is 11.8 Å². The zero-order chi connectivity index (χ0) is 24.1. The van der Waals surface area contributed by atoms with Crippen LogP contribution in [-0.4, -0.2) is 67.9 Å². The van der Waals surface area contributed by atoms with Crippen molar-refractivity contribution in [2.45, 2.75) is 63.4 Å². The van der Waals surface area contributed by atoms with Crippen LogP contribution in [0.5, 0.6) is 0 Å². The van der Waals surface area contributed by atoms with Gasteiger partial charge in [-0.3, -0.25) is 4.79 Å². The molecule has 0 aliphatic carbocycles. The normalized spacial score (nSPS) is 19.3. The van der Waals surface area contributed by atoms with Gasteiger partial charge >= 0.3 is 6.09 Å². The van der Waals surface area contributed by atoms with Crippen molar-refractivity contribution in [3.63, 3.8) is 0 Å². The highest BCUT2D eigenvalue weighted by atomic mass is 32.2. The molecule has 8 nitrogen and oxygen atoms in total. The van der Waals surface area contributed by atoms with Gasteiger partial charge in [-0.15, -0.1) is 0 Å². The molecule has 33 heavy (non-hydrogen) atoms. The molecule has 0 bridgehead atoms. The molecule has 1 aromatic carbocycles. The number of carbonyl (C=O) groups excluding carboxylic acids is 2. The highest BCUT2D eigenvalue weighted by Gasteiger charge is 2.30. The van der Waals surface area contributed by atoms with Crippen molar-refractivity contribution in [1.82, 2.24) is 14.5 Å². The molecule has 0 atom stereocenters. The van der Waals surface area contributed by atoms with Crippen molar-refractivity contribution in [2.75, 3.05) is 32.7 Å². The van der Waals surface area contributed by atoms with Crippen LogP contribution in [0.1, 0.15) is 52.9 Å². The molecule has 184 valence electrons. The average Bonchev–Trinajstić information content (AvgIpc) is 2.78. The zero-order valence-electron chi connectivity index (χ0n) is 20.0. The van der Waals surface area contributed by atoms with Crippen LogP contribution >= 0.6 is 0 Å². The van der Waals surface area contributed by atoms with Gasteiger partial charge in [-0.1, -0.05) is 18.2 Å². The van der Waals surface area contributed by atoms with Gasteiger partial charge in [0.1, 0.15) is 5.60 Å². The minimum atomic E-state index is -3.45. The van der Waals surface area contributed by atoms with E-state index in [1.165, 1.54) is 0 Å². The maximum atomic E-state index is 12.7. The van der Waals surface area contributed by atoms with Gasteiger partial charge in [-0.25, -0.2) is 13.2 Å². The van der Waals surface area contributed by atoms with E-state index in [-0.39, 0.29) is 23.8 Å². The Morgan fingerprint density at radius 2 is 1.55 bits per heavy atom. The Kier molecular flexibility index (Phi) is 8.39. The number of carbonyl (C=O) groups is 2. The summed E-state index contributed by atoms with van der Waals surface area (Å²) in [5.41, 5.74) is -0.504. The number of ether oxygens (including phenoxy) is 1. The summed E-state index contributed by atoms with van der Waals surface area (Å²) < 4.78 is 32.4. The molecule has 2 amide bonds. The minimum absolute atomic E-state index is 0.0325. The number of nitrogens with zero attached hydrogens (tertiary/aromatic N) is 2. The predicted octanol–water partition coefficient (Wildman–Crippen LogP) is 3.24. The summed E-state index contributed by atoms with van der Waals surface area (Å²) in [5, 5.41) is 3.04. The molecule has 1 N–H and O–H groups in total. The van der Waals surface area contributed by atoms with Gasteiger partial charge in [-0.2, -0.15) is 4.31 Å². The first-order chi connectivity index (χ1) is 15.5. The summed E-state index contributed by atoms with van der Waals surface area (Å²) in [4.78, 5) is 26.7. The van der Waals surface area contributed by atoms with Crippen molar-refractivity contribution in [2.24, 2.45) is 11.8 Å². The first-order valence-corrected chi connectivity index (χ1v) is 13.3. The first kappa shape index (κ1) is 25.5. The zero-order valence-corrected chi connectivity index (χ0v) is 20.8. The van der Waals surface area contributed by atoms with Gasteiger partial charge in [0.15, 0.2) is 0 Å². The summed E-state index contributed by atoms with van der Waals surface area (Å²) in [6, 6.07) is 8.52. The SMILES string of the molecule is CC(C)(C)OC(=O)N1CCC(CC(=O)NCC2CCN(S(=O)(=O)c3ccccc3)CC2)CC1. The second-order valence-corrected chi connectivity index (χ2v) is 12.0. The third-order valence-corrected chi connectivity index (χ3v) is 8.20. The number of rotatable bonds is 6. The van der Waals surface area contributed by atoms with Crippen LogP contribution in [0.15, 0.2) is 35.2 Å². The van der Waals surface area contributed by atoms with E-state index < -0.39 is 15.6 Å². The van der Waals surface area contributed by atoms with Crippen LogP contribution in [-0.2, 0) is 19.6 Å². The molecule has 2 aliphatic heterocycles. The Bertz CT molecular complexity index is 898. The van der Waals surface area contributed by atoms with Crippen LogP contribution < -0.4 is 5.32 Å². The molecule has 9 heteroatoms. The van der Waals surface area contributed by atoms with Gasteiger partial charge in [0, 0.05) is 39.1 Å². The molecule has 0 aromatic heterocycles. The minimum Gasteiger partial charge on any atom is -0.444 e. The molecule has 3 rings (SSSR count). The fourth-order valence-electron chi connectivity index (χ4n) is 4.33. The largest absolute Gasteiger partial charge is 0.444 e. The van der Waals surface area contributed by atoms with E-state index in [2.05, 4.69) is 5.32 Å². The number of benzene rings is 1. The Balaban J connectivity index is 1.35. The lowest BCUT2D eigenvalue weighted by atomic mass is 9.93. The third-order valence-electron chi connectivity index (χ3n) is 6.28. The Hall–Kier alpha value is -2.13. The molecule has 0 radical (unpaired) electrons. The molecule has 0 spiro atoms. The summed E-state index contributed by atoms with van der Waals surface area (Å²) in [6.45, 7) is 8.31. The second-order valence-electron chi connectivity index (χ2n) is 10.1. The highest BCUT2D eigenvalue weighted by molar-refractivity contribution is 7.89. The van der Waals surface area contributed by atoms with Crippen LogP contribution in [0.4, 0.5) is 4.79 Å². The van der Waals surface area contributed by atoms with Gasteiger partial charge in [0.2, 0.25) is 15.9 Å². The van der Waals surface area contributed by atoms with Crippen LogP contribution in [0.25, 0.3) is 0 Å². The number of hydrogen-bond donors (Lipinski definition) is 1. The standard InChI is InChI=1S/C24H37N3O5S/c1-24(2,3)32-23(29)26-13-9-19(10-14-26)17-22(28)25-18-20-11-15-27(16-12-20)33(30,31)21-7-5-4-6-8-21/h4-8,19-20H,9-18H2,1-3H3,(H,25,28). The van der Waals surface area contributed by atoms with Crippen molar-refractivity contribution in [3.05, 3.63) is 30.3 Å². The van der Waals surface area contributed by atoms with Crippen molar-refractivity contribution in [1.29, 1.82) is 0 Å². The lowest BCUT2D eigenvalue weighted by molar-refractivity contribution is -0.122. The first-order valence-electron chi connectivity index (χ1n) is 11.8. The molecule has 0 unspecified atom stereocenters. The number of hydrogen-bond acceptors (Lipinski definition) is 5. The van der Waals surface area contributed by atoms with E-state index >= 15 is 0 Å². The van der Waals surface area contributed by atoms with Gasteiger partial charge in [0.05, 0.1) is 4.90 Å². The van der Waals surface area contributed by atoms with Crippen molar-refractivity contribution < 1.29 is 22.7 Å². The van der Waals surface area contributed by atoms with Crippen LogP contribution in [0.2, 0.25) is 0 Å². The lowest BCUT2D eigenvalue weighted by Crippen LogP contribution is -2.43. The molecule has 0 saturated carbocycles. The maximum absolute atomic E-state index is 12.7. The number of likely N-dealkylation sites (tertiary alicyclic amines) is 1. The van der Waals surface area contributed by atoms with Gasteiger partial charge < -0.3 is 15.0 Å². The Morgan fingerprint density at radius 1 is 0.970 bits per heavy atom. The topological polar surface area (TPSA) is 96.0 Å². The smallest absolute Gasteiger partial charge is 0.410 e. The van der Waals surface area contributed by atoms with E-state index in [9.17, 15) is 18.0 Å². The van der Waals surface area contributed by atoms with Crippen molar-refractivity contribution >= 4 is 22.0 Å². The van der Waals surface area contributed by atoms with Gasteiger partial charge in [-0.05, 0) is 70.4 Å². The second kappa shape index (κ2) is 10.9. The van der Waals surface area contributed by atoms with E-state index in [4.69, 9.17) is 4.74 Å². The van der Waals surface area contributed by atoms with E-state index in [1.54, 1.807) is 39.5 Å². The molecular weight excluding hydrogens is 442 g/mol. The molecule has 2 aliphatic rings. The van der Waals surface area contributed by atoms with Gasteiger partial charge in [0.25, 0.3) is 0 Å². The number of sulfonamides is 1. The summed E-state index contributed by atoms with van der Waals surface area (Å²) in [7, 11) is -3.45. The Morgan fingerprint density at radius 3 is 2.12 bits per heavy atom. The summed E-state index contributed by atoms with van der Waals surface area (Å²) in [5.74, 6) is 0.580. The molecule has 1 aromatic rings. The predicted molar refractivity (Wildman–Crippen MR) is 126 cm³/mol. The fraction of sp³-hybridized carbons (Fsp3) is 0.667. The van der Waals surface area contributed by atoms with E-state index in [0.717, 1.165) is 25.7 Å². The fourth-order valence-corrected chi connectivity index (χ4v) is 5.82. The van der Waals surface area contributed by atoms with Crippen LogP contribution in [0.3, 0.4) is 0 Å². The number of nitrogens with one attached hydrogen (secondary N) is 1.